The molecule has 4 rings (SSSR count). The summed E-state index contributed by atoms with van der Waals surface area (Å²) >= 11 is 0. The molecule has 2 saturated heterocycles. The number of phenols is 2. The van der Waals surface area contributed by atoms with Gasteiger partial charge in [-0.05, 0) is 31.0 Å². The standard InChI is InChI=1S/C31H42O18/c1-3-14-15(16(28(42)43-2)11-46-29(14)49-31-27(41)24(38)22(36)19(10-32)47-31)9-21(35)45-12-20-23(37)25(39)26(40)30(48-20)44-7-6-13-4-5-17(33)18(34)8-13/h3-5,8,11,15,19-20,22-27,29-34,36-41H,6-7,9-10,12H2,1-2H3/b14-3-/t15?,19-,20-,22-,23-,24+,25+,26-,27-,29?,30-,31+/m1/s1. The first-order valence-electron chi connectivity index (χ1n) is 15.3. The molecule has 49 heavy (non-hydrogen) atoms. The van der Waals surface area contributed by atoms with E-state index < -0.39 is 105 Å². The fraction of sp³-hybridized carbons (Fsp3) is 0.613. The van der Waals surface area contributed by atoms with E-state index in [2.05, 4.69) is 0 Å². The lowest BCUT2D eigenvalue weighted by Crippen LogP contribution is -2.60. The Balaban J connectivity index is 1.39. The number of ether oxygens (including phenoxy) is 7. The number of carbonyl (C=O) groups is 2. The molecule has 0 aromatic heterocycles. The van der Waals surface area contributed by atoms with Gasteiger partial charge in [0.25, 0.3) is 0 Å². The van der Waals surface area contributed by atoms with Gasteiger partial charge in [0, 0.05) is 11.5 Å². The Kier molecular flexibility index (Phi) is 13.3. The van der Waals surface area contributed by atoms with Crippen LogP contribution < -0.4 is 0 Å². The van der Waals surface area contributed by atoms with Crippen molar-refractivity contribution in [2.24, 2.45) is 5.92 Å². The maximum Gasteiger partial charge on any atom is 0.337 e. The SMILES string of the molecule is C/C=C1\C(O[C@@H]2O[C@H](CO)[C@@H](O)[C@H](O)[C@H]2O)OC=C(C(=O)OC)C1CC(=O)OC[C@H]1O[C@@H](OCCc2ccc(O)c(O)c2)[C@H](O)[C@@H](O)[C@@H]1O. The third-order valence-electron chi connectivity index (χ3n) is 8.39. The Morgan fingerprint density at radius 2 is 1.53 bits per heavy atom. The quantitative estimate of drug-likeness (QED) is 0.0604. The second-order valence-corrected chi connectivity index (χ2v) is 11.6. The lowest BCUT2D eigenvalue weighted by Gasteiger charge is -2.42. The van der Waals surface area contributed by atoms with Gasteiger partial charge in [0.15, 0.2) is 24.1 Å². The zero-order chi connectivity index (χ0) is 36.0. The first-order chi connectivity index (χ1) is 23.3. The minimum Gasteiger partial charge on any atom is -0.504 e. The number of aliphatic hydroxyl groups excluding tert-OH is 7. The first-order valence-corrected chi connectivity index (χ1v) is 15.3. The van der Waals surface area contributed by atoms with E-state index in [1.54, 1.807) is 13.0 Å². The molecule has 1 aromatic carbocycles. The Bertz CT molecular complexity index is 1350. The zero-order valence-corrected chi connectivity index (χ0v) is 26.5. The van der Waals surface area contributed by atoms with Crippen molar-refractivity contribution in [2.75, 3.05) is 26.9 Å². The average molecular weight is 703 g/mol. The minimum absolute atomic E-state index is 0.0633. The van der Waals surface area contributed by atoms with Gasteiger partial charge in [-0.3, -0.25) is 4.79 Å². The van der Waals surface area contributed by atoms with Crippen molar-refractivity contribution in [2.45, 2.75) is 87.5 Å². The monoisotopic (exact) mass is 702 g/mol. The summed E-state index contributed by atoms with van der Waals surface area (Å²) in [4.78, 5) is 25.7. The van der Waals surface area contributed by atoms with E-state index >= 15 is 0 Å². The van der Waals surface area contributed by atoms with E-state index in [1.807, 2.05) is 0 Å². The van der Waals surface area contributed by atoms with Crippen LogP contribution in [0.4, 0.5) is 0 Å². The van der Waals surface area contributed by atoms with Crippen LogP contribution in [0.3, 0.4) is 0 Å². The number of esters is 2. The van der Waals surface area contributed by atoms with Crippen molar-refractivity contribution >= 4 is 11.9 Å². The van der Waals surface area contributed by atoms with Crippen LogP contribution in [0, 0.1) is 5.92 Å². The number of methoxy groups -OCH3 is 1. The van der Waals surface area contributed by atoms with Crippen LogP contribution in [0.15, 0.2) is 41.7 Å². The molecule has 0 bridgehead atoms. The number of hydrogen-bond acceptors (Lipinski definition) is 18. The van der Waals surface area contributed by atoms with Gasteiger partial charge in [-0.2, -0.15) is 0 Å². The fourth-order valence-electron chi connectivity index (χ4n) is 5.54. The Labute approximate surface area is 279 Å². The van der Waals surface area contributed by atoms with Gasteiger partial charge >= 0.3 is 11.9 Å². The maximum absolute atomic E-state index is 13.1. The topological polar surface area (TPSA) is 281 Å². The summed E-state index contributed by atoms with van der Waals surface area (Å²) in [6, 6.07) is 4.15. The largest absolute Gasteiger partial charge is 0.504 e. The molecule has 0 spiro atoms. The third kappa shape index (κ3) is 8.86. The molecule has 0 saturated carbocycles. The smallest absolute Gasteiger partial charge is 0.337 e. The normalized spacial score (nSPS) is 35.7. The van der Waals surface area contributed by atoms with Gasteiger partial charge in [0.05, 0.1) is 38.6 Å². The summed E-state index contributed by atoms with van der Waals surface area (Å²) in [5.74, 6) is -3.47. The van der Waals surface area contributed by atoms with Gasteiger partial charge in [0.2, 0.25) is 6.29 Å². The van der Waals surface area contributed by atoms with Gasteiger partial charge in [-0.1, -0.05) is 12.1 Å². The molecule has 2 unspecified atom stereocenters. The van der Waals surface area contributed by atoms with E-state index in [0.717, 1.165) is 13.4 Å². The molecule has 0 amide bonds. The fourth-order valence-corrected chi connectivity index (χ4v) is 5.54. The predicted molar refractivity (Wildman–Crippen MR) is 159 cm³/mol. The number of allylic oxidation sites excluding steroid dienone is 1. The Morgan fingerprint density at radius 3 is 2.16 bits per heavy atom. The highest BCUT2D eigenvalue weighted by Crippen LogP contribution is 2.36. The van der Waals surface area contributed by atoms with Crippen LogP contribution in [0.2, 0.25) is 0 Å². The van der Waals surface area contributed by atoms with Crippen LogP contribution in [0.1, 0.15) is 18.9 Å². The molecular formula is C31H42O18. The Hall–Kier alpha value is -3.40. The number of rotatable bonds is 12. The van der Waals surface area contributed by atoms with Crippen molar-refractivity contribution in [3.05, 3.63) is 47.2 Å². The Morgan fingerprint density at radius 1 is 0.878 bits per heavy atom. The molecule has 1 aromatic rings. The van der Waals surface area contributed by atoms with Crippen molar-refractivity contribution in [3.63, 3.8) is 0 Å². The molecule has 3 heterocycles. The maximum atomic E-state index is 13.1. The molecule has 9 N–H and O–H groups in total. The summed E-state index contributed by atoms with van der Waals surface area (Å²) in [5.41, 5.74) is 0.658. The molecule has 0 radical (unpaired) electrons. The van der Waals surface area contributed by atoms with Crippen molar-refractivity contribution in [1.82, 2.24) is 0 Å². The molecule has 274 valence electrons. The minimum atomic E-state index is -1.77. The second kappa shape index (κ2) is 17.0. The van der Waals surface area contributed by atoms with Crippen molar-refractivity contribution in [1.29, 1.82) is 0 Å². The number of benzene rings is 1. The average Bonchev–Trinajstić information content (AvgIpc) is 3.09. The molecule has 18 nitrogen and oxygen atoms in total. The highest BCUT2D eigenvalue weighted by atomic mass is 16.8. The van der Waals surface area contributed by atoms with E-state index in [9.17, 15) is 55.5 Å². The van der Waals surface area contributed by atoms with E-state index in [1.165, 1.54) is 18.2 Å². The van der Waals surface area contributed by atoms with E-state index in [0.29, 0.717) is 5.56 Å². The highest BCUT2D eigenvalue weighted by Gasteiger charge is 2.48. The van der Waals surface area contributed by atoms with Crippen molar-refractivity contribution < 1.29 is 88.7 Å². The van der Waals surface area contributed by atoms with Crippen LogP contribution in [0.5, 0.6) is 11.5 Å². The van der Waals surface area contributed by atoms with E-state index in [4.69, 9.17) is 33.2 Å². The number of carbonyl (C=O) groups excluding carboxylic acids is 2. The molecule has 3 aliphatic rings. The highest BCUT2D eigenvalue weighted by molar-refractivity contribution is 5.90. The summed E-state index contributed by atoms with van der Waals surface area (Å²) < 4.78 is 37.9. The van der Waals surface area contributed by atoms with Crippen LogP contribution in [-0.4, -0.2) is 153 Å². The number of phenolic OH excluding ortho intramolecular Hbond substituents is 2. The third-order valence-corrected chi connectivity index (χ3v) is 8.39. The van der Waals surface area contributed by atoms with E-state index in [-0.39, 0.29) is 35.7 Å². The summed E-state index contributed by atoms with van der Waals surface area (Å²) in [6.45, 7) is 0.170. The van der Waals surface area contributed by atoms with Crippen LogP contribution in [-0.2, 0) is 49.2 Å². The first kappa shape index (κ1) is 38.4. The van der Waals surface area contributed by atoms with Crippen LogP contribution >= 0.6 is 0 Å². The van der Waals surface area contributed by atoms with Gasteiger partial charge in [-0.25, -0.2) is 4.79 Å². The molecule has 2 fully saturated rings. The molecule has 12 atom stereocenters. The molecule has 18 heteroatoms. The lowest BCUT2D eigenvalue weighted by atomic mass is 9.86. The predicted octanol–water partition coefficient (Wildman–Crippen LogP) is -2.81. The van der Waals surface area contributed by atoms with Crippen molar-refractivity contribution in [3.8, 4) is 11.5 Å². The van der Waals surface area contributed by atoms with Gasteiger partial charge in [0.1, 0.15) is 55.4 Å². The van der Waals surface area contributed by atoms with Gasteiger partial charge in [-0.15, -0.1) is 0 Å². The zero-order valence-electron chi connectivity index (χ0n) is 26.5. The summed E-state index contributed by atoms with van der Waals surface area (Å²) in [7, 11) is 1.11. The summed E-state index contributed by atoms with van der Waals surface area (Å²) in [5, 5.41) is 90.5. The number of aliphatic hydroxyl groups is 7. The summed E-state index contributed by atoms with van der Waals surface area (Å²) in [6.07, 6.45) is -15.1. The number of hydrogen-bond donors (Lipinski definition) is 9. The second-order valence-electron chi connectivity index (χ2n) is 11.6. The molecule has 3 aliphatic heterocycles. The molecule has 0 aliphatic carbocycles. The molecular weight excluding hydrogens is 660 g/mol. The number of aromatic hydroxyl groups is 2. The van der Waals surface area contributed by atoms with Crippen LogP contribution in [0.25, 0.3) is 0 Å². The van der Waals surface area contributed by atoms with Gasteiger partial charge < -0.3 is 79.1 Å². The lowest BCUT2D eigenvalue weighted by molar-refractivity contribution is -0.327.